The molecule has 18 heavy (non-hydrogen) atoms. The highest BCUT2D eigenvalue weighted by Gasteiger charge is 2.25. The van der Waals surface area contributed by atoms with Gasteiger partial charge in [0.05, 0.1) is 4.92 Å². The molecule has 0 aliphatic heterocycles. The number of nitro groups is 1. The standard InChI is InChI=1S/C12H16ClN3O2/c1-15(9-5-6-9)8-7-14-11-4-2-3-10(13)12(11)16(17)18/h2-4,9,14H,5-8H2,1H3. The van der Waals surface area contributed by atoms with Crippen LogP contribution < -0.4 is 5.32 Å². The summed E-state index contributed by atoms with van der Waals surface area (Å²) in [6.45, 7) is 1.54. The summed E-state index contributed by atoms with van der Waals surface area (Å²) in [5.74, 6) is 0. The van der Waals surface area contributed by atoms with Crippen molar-refractivity contribution in [3.63, 3.8) is 0 Å². The molecule has 1 fully saturated rings. The molecule has 1 aromatic rings. The first kappa shape index (κ1) is 13.1. The van der Waals surface area contributed by atoms with Crippen molar-refractivity contribution in [1.29, 1.82) is 0 Å². The Balaban J connectivity index is 1.95. The van der Waals surface area contributed by atoms with Gasteiger partial charge >= 0.3 is 5.69 Å². The predicted molar refractivity (Wildman–Crippen MR) is 72.2 cm³/mol. The van der Waals surface area contributed by atoms with Gasteiger partial charge in [-0.2, -0.15) is 0 Å². The van der Waals surface area contributed by atoms with E-state index in [0.29, 0.717) is 18.3 Å². The molecule has 6 heteroatoms. The third-order valence-electron chi connectivity index (χ3n) is 3.12. The fourth-order valence-electron chi connectivity index (χ4n) is 1.91. The third-order valence-corrected chi connectivity index (χ3v) is 3.42. The SMILES string of the molecule is CN(CCNc1cccc(Cl)c1[N+](=O)[O-])C1CC1. The minimum atomic E-state index is -0.449. The number of nitrogens with one attached hydrogen (secondary N) is 1. The molecule has 0 saturated heterocycles. The van der Waals surface area contributed by atoms with Crippen LogP contribution in [0.3, 0.4) is 0 Å². The van der Waals surface area contributed by atoms with Crippen LogP contribution in [0.15, 0.2) is 18.2 Å². The van der Waals surface area contributed by atoms with E-state index in [1.54, 1.807) is 12.1 Å². The van der Waals surface area contributed by atoms with Gasteiger partial charge in [0, 0.05) is 19.1 Å². The number of likely N-dealkylation sites (N-methyl/N-ethyl adjacent to an activating group) is 1. The summed E-state index contributed by atoms with van der Waals surface area (Å²) in [4.78, 5) is 12.7. The van der Waals surface area contributed by atoms with Crippen LogP contribution in [0.25, 0.3) is 0 Å². The maximum absolute atomic E-state index is 10.9. The average Bonchev–Trinajstić information content (AvgIpc) is 3.12. The first-order chi connectivity index (χ1) is 8.59. The fraction of sp³-hybridized carbons (Fsp3) is 0.500. The zero-order valence-corrected chi connectivity index (χ0v) is 11.0. The van der Waals surface area contributed by atoms with Gasteiger partial charge in [0.25, 0.3) is 0 Å². The number of anilines is 1. The van der Waals surface area contributed by atoms with Crippen molar-refractivity contribution in [2.45, 2.75) is 18.9 Å². The van der Waals surface area contributed by atoms with Gasteiger partial charge in [-0.1, -0.05) is 17.7 Å². The summed E-state index contributed by atoms with van der Waals surface area (Å²) in [6.07, 6.45) is 2.52. The van der Waals surface area contributed by atoms with Crippen LogP contribution >= 0.6 is 11.6 Å². The highest BCUT2D eigenvalue weighted by atomic mass is 35.5. The molecule has 98 valence electrons. The van der Waals surface area contributed by atoms with E-state index in [1.807, 2.05) is 0 Å². The highest BCUT2D eigenvalue weighted by Crippen LogP contribution is 2.32. The lowest BCUT2D eigenvalue weighted by atomic mass is 10.2. The molecule has 1 aliphatic carbocycles. The van der Waals surface area contributed by atoms with Crippen LogP contribution in [-0.4, -0.2) is 36.0 Å². The minimum Gasteiger partial charge on any atom is -0.378 e. The molecule has 2 rings (SSSR count). The summed E-state index contributed by atoms with van der Waals surface area (Å²) in [7, 11) is 2.08. The molecule has 0 atom stereocenters. The quantitative estimate of drug-likeness (QED) is 0.637. The lowest BCUT2D eigenvalue weighted by Crippen LogP contribution is -2.27. The number of para-hydroxylation sites is 1. The molecule has 1 saturated carbocycles. The van der Waals surface area contributed by atoms with Gasteiger partial charge in [-0.25, -0.2) is 0 Å². The number of benzene rings is 1. The molecule has 0 unspecified atom stereocenters. The van der Waals surface area contributed by atoms with Crippen molar-refractivity contribution >= 4 is 23.0 Å². The zero-order valence-electron chi connectivity index (χ0n) is 10.2. The first-order valence-electron chi connectivity index (χ1n) is 5.96. The normalized spacial score (nSPS) is 14.8. The number of hydrogen-bond acceptors (Lipinski definition) is 4. The van der Waals surface area contributed by atoms with Crippen molar-refractivity contribution in [3.8, 4) is 0 Å². The molecule has 0 heterocycles. The summed E-state index contributed by atoms with van der Waals surface area (Å²) in [6, 6.07) is 5.62. The Labute approximate surface area is 111 Å². The van der Waals surface area contributed by atoms with E-state index in [4.69, 9.17) is 11.6 Å². The Kier molecular flexibility index (Phi) is 4.04. The second kappa shape index (κ2) is 5.54. The molecule has 1 aliphatic rings. The Morgan fingerprint density at radius 3 is 2.89 bits per heavy atom. The van der Waals surface area contributed by atoms with Crippen LogP contribution in [0.2, 0.25) is 5.02 Å². The molecule has 0 spiro atoms. The largest absolute Gasteiger partial charge is 0.378 e. The Bertz CT molecular complexity index is 449. The maximum atomic E-state index is 10.9. The van der Waals surface area contributed by atoms with Gasteiger partial charge in [-0.3, -0.25) is 10.1 Å². The lowest BCUT2D eigenvalue weighted by Gasteiger charge is -2.16. The van der Waals surface area contributed by atoms with Gasteiger partial charge in [0.1, 0.15) is 10.7 Å². The maximum Gasteiger partial charge on any atom is 0.310 e. The molecule has 0 bridgehead atoms. The van der Waals surface area contributed by atoms with Crippen LogP contribution in [0.4, 0.5) is 11.4 Å². The van der Waals surface area contributed by atoms with Crippen molar-refractivity contribution in [3.05, 3.63) is 33.3 Å². The number of rotatable bonds is 6. The fourth-order valence-corrected chi connectivity index (χ4v) is 2.15. The second-order valence-corrected chi connectivity index (χ2v) is 4.94. The minimum absolute atomic E-state index is 0.0479. The van der Waals surface area contributed by atoms with Gasteiger partial charge in [0.15, 0.2) is 0 Å². The molecule has 5 nitrogen and oxygen atoms in total. The van der Waals surface area contributed by atoms with Crippen molar-refractivity contribution in [1.82, 2.24) is 4.90 Å². The van der Waals surface area contributed by atoms with E-state index >= 15 is 0 Å². The average molecular weight is 270 g/mol. The zero-order chi connectivity index (χ0) is 13.1. The molecule has 0 radical (unpaired) electrons. The predicted octanol–water partition coefficient (Wildman–Crippen LogP) is 2.75. The van der Waals surface area contributed by atoms with Crippen LogP contribution in [0.5, 0.6) is 0 Å². The number of nitrogens with zero attached hydrogens (tertiary/aromatic N) is 2. The molecule has 0 aromatic heterocycles. The van der Waals surface area contributed by atoms with E-state index in [2.05, 4.69) is 17.3 Å². The monoisotopic (exact) mass is 269 g/mol. The summed E-state index contributed by atoms with van der Waals surface area (Å²) >= 11 is 5.83. The number of hydrogen-bond donors (Lipinski definition) is 1. The Morgan fingerprint density at radius 1 is 1.56 bits per heavy atom. The summed E-state index contributed by atoms with van der Waals surface area (Å²) in [5, 5.41) is 14.2. The van der Waals surface area contributed by atoms with Gasteiger partial charge in [0.2, 0.25) is 0 Å². The Hall–Kier alpha value is -1.33. The lowest BCUT2D eigenvalue weighted by molar-refractivity contribution is -0.383. The van der Waals surface area contributed by atoms with E-state index in [-0.39, 0.29) is 10.7 Å². The first-order valence-corrected chi connectivity index (χ1v) is 6.34. The summed E-state index contributed by atoms with van der Waals surface area (Å²) in [5.41, 5.74) is 0.435. The molecular formula is C12H16ClN3O2. The third kappa shape index (κ3) is 3.11. The van der Waals surface area contributed by atoms with E-state index in [0.717, 1.165) is 6.54 Å². The topological polar surface area (TPSA) is 58.4 Å². The summed E-state index contributed by atoms with van der Waals surface area (Å²) < 4.78 is 0. The molecule has 1 N–H and O–H groups in total. The molecular weight excluding hydrogens is 254 g/mol. The van der Waals surface area contributed by atoms with Crippen LogP contribution in [0.1, 0.15) is 12.8 Å². The second-order valence-electron chi connectivity index (χ2n) is 4.53. The van der Waals surface area contributed by atoms with Crippen molar-refractivity contribution < 1.29 is 4.92 Å². The molecule has 0 amide bonds. The number of halogens is 1. The smallest absolute Gasteiger partial charge is 0.310 e. The van der Waals surface area contributed by atoms with Crippen molar-refractivity contribution in [2.75, 3.05) is 25.5 Å². The van der Waals surface area contributed by atoms with Gasteiger partial charge in [-0.05, 0) is 32.0 Å². The van der Waals surface area contributed by atoms with E-state index in [9.17, 15) is 10.1 Å². The van der Waals surface area contributed by atoms with E-state index < -0.39 is 4.92 Å². The van der Waals surface area contributed by atoms with Crippen LogP contribution in [-0.2, 0) is 0 Å². The van der Waals surface area contributed by atoms with Crippen molar-refractivity contribution in [2.24, 2.45) is 0 Å². The van der Waals surface area contributed by atoms with E-state index in [1.165, 1.54) is 18.9 Å². The van der Waals surface area contributed by atoms with Gasteiger partial charge in [-0.15, -0.1) is 0 Å². The Morgan fingerprint density at radius 2 is 2.28 bits per heavy atom. The highest BCUT2D eigenvalue weighted by molar-refractivity contribution is 6.33. The number of nitro benzene ring substituents is 1. The van der Waals surface area contributed by atoms with Crippen LogP contribution in [0, 0.1) is 10.1 Å². The molecule has 1 aromatic carbocycles. The van der Waals surface area contributed by atoms with Gasteiger partial charge < -0.3 is 10.2 Å².